The fourth-order valence-corrected chi connectivity index (χ4v) is 10.9. The minimum Gasteiger partial charge on any atom is -0.475 e. The fraction of sp³-hybridized carbons (Fsp3) is 0.708. The van der Waals surface area contributed by atoms with Gasteiger partial charge >= 0.3 is 18.1 Å². The number of aliphatic carboxylic acids is 1. The molecule has 1 spiro atoms. The molecular formula is C65H100F3N7O18. The summed E-state index contributed by atoms with van der Waals surface area (Å²) < 4.78 is 37.5. The van der Waals surface area contributed by atoms with Crippen LogP contribution in [-0.2, 0) is 73.5 Å². The summed E-state index contributed by atoms with van der Waals surface area (Å²) in [5, 5.41) is 54.2. The number of esters is 1. The molecule has 25 nitrogen and oxygen atoms in total. The van der Waals surface area contributed by atoms with Crippen LogP contribution in [0.1, 0.15) is 165 Å². The van der Waals surface area contributed by atoms with E-state index in [1.165, 1.54) is 13.8 Å². The number of alkyl halides is 3. The molecule has 1 heterocycles. The van der Waals surface area contributed by atoms with E-state index in [2.05, 4.69) is 31.9 Å². The number of carboxylic acids is 1. The number of halogens is 3. The van der Waals surface area contributed by atoms with Crippen LogP contribution in [0.25, 0.3) is 0 Å². The average molecular weight is 1320 g/mol. The van der Waals surface area contributed by atoms with Crippen molar-refractivity contribution in [3.63, 3.8) is 0 Å². The van der Waals surface area contributed by atoms with E-state index in [1.807, 2.05) is 44.2 Å². The third-order valence-electron chi connectivity index (χ3n) is 18.2. The molecule has 1 aromatic rings. The van der Waals surface area contributed by atoms with Crippen molar-refractivity contribution in [3.05, 3.63) is 35.9 Å². The molecule has 28 heteroatoms. The van der Waals surface area contributed by atoms with Gasteiger partial charge in [-0.25, -0.2) is 9.59 Å². The van der Waals surface area contributed by atoms with Crippen molar-refractivity contribution in [2.24, 2.45) is 64.9 Å². The molecule has 1 aliphatic carbocycles. The molecule has 2 fully saturated rings. The number of primary amides is 1. The maximum atomic E-state index is 14.5. The first-order valence-corrected chi connectivity index (χ1v) is 32.2. The van der Waals surface area contributed by atoms with Crippen molar-refractivity contribution in [2.45, 2.75) is 214 Å². The molecule has 3 rings (SSSR count). The highest BCUT2D eigenvalue weighted by Crippen LogP contribution is 2.46. The number of Topliss-reactive ketones (excluding diaryl/α,β-unsaturated/α-hetero) is 4. The van der Waals surface area contributed by atoms with E-state index in [9.17, 15) is 86.0 Å². The van der Waals surface area contributed by atoms with Crippen molar-refractivity contribution in [1.82, 2.24) is 31.9 Å². The van der Waals surface area contributed by atoms with Crippen molar-refractivity contribution >= 4 is 76.4 Å². The number of cyclic esters (lactones) is 1. The lowest BCUT2D eigenvalue weighted by atomic mass is 9.83. The molecule has 0 bridgehead atoms. The highest BCUT2D eigenvalue weighted by Gasteiger charge is 2.61. The zero-order chi connectivity index (χ0) is 70.8. The first-order chi connectivity index (χ1) is 43.6. The Balaban J connectivity index is 0.00000396. The van der Waals surface area contributed by atoms with Crippen molar-refractivity contribution in [1.29, 1.82) is 0 Å². The average Bonchev–Trinajstić information content (AvgIpc) is 1.58. The number of hydrogen-bond acceptors (Lipinski definition) is 17. The summed E-state index contributed by atoms with van der Waals surface area (Å²) in [7, 11) is 0. The van der Waals surface area contributed by atoms with Gasteiger partial charge in [0.05, 0.1) is 43.2 Å². The van der Waals surface area contributed by atoms with Gasteiger partial charge in [-0.3, -0.25) is 52.7 Å². The number of ether oxygens (including phenoxy) is 1. The maximum Gasteiger partial charge on any atom is 0.490 e. The smallest absolute Gasteiger partial charge is 0.475 e. The van der Waals surface area contributed by atoms with E-state index >= 15 is 0 Å². The first kappa shape index (κ1) is 81.9. The molecule has 1 aromatic carbocycles. The molecule has 12 N–H and O–H groups in total. The van der Waals surface area contributed by atoms with Crippen LogP contribution >= 0.6 is 0 Å². The van der Waals surface area contributed by atoms with E-state index in [0.29, 0.717) is 38.5 Å². The van der Waals surface area contributed by atoms with Gasteiger partial charge in [-0.2, -0.15) is 13.2 Å². The summed E-state index contributed by atoms with van der Waals surface area (Å²) in [6, 6.07) is 2.88. The number of rotatable bonds is 35. The topological polar surface area (TPSA) is 410 Å². The summed E-state index contributed by atoms with van der Waals surface area (Å²) >= 11 is 0. The second-order valence-corrected chi connectivity index (χ2v) is 25.1. The number of amides is 7. The minimum atomic E-state index is -5.08. The van der Waals surface area contributed by atoms with Crippen LogP contribution in [0.3, 0.4) is 0 Å². The third kappa shape index (κ3) is 24.9. The predicted molar refractivity (Wildman–Crippen MR) is 332 cm³/mol. The minimum absolute atomic E-state index is 0.186. The van der Waals surface area contributed by atoms with Crippen LogP contribution in [0.2, 0.25) is 0 Å². The van der Waals surface area contributed by atoms with Crippen LogP contribution in [-0.4, -0.2) is 165 Å². The zero-order valence-corrected chi connectivity index (χ0v) is 55.4. The van der Waals surface area contributed by atoms with Crippen molar-refractivity contribution in [3.8, 4) is 0 Å². The summed E-state index contributed by atoms with van der Waals surface area (Å²) in [5.41, 5.74) is 5.00. The number of benzene rings is 1. The molecule has 524 valence electrons. The Morgan fingerprint density at radius 3 is 1.69 bits per heavy atom. The van der Waals surface area contributed by atoms with Crippen LogP contribution in [0.15, 0.2) is 30.3 Å². The van der Waals surface area contributed by atoms with Crippen LogP contribution < -0.4 is 37.6 Å². The number of aliphatic hydroxyl groups is 3. The van der Waals surface area contributed by atoms with E-state index in [1.54, 1.807) is 48.5 Å². The molecule has 2 aliphatic rings. The van der Waals surface area contributed by atoms with Gasteiger partial charge in [0.2, 0.25) is 41.4 Å². The van der Waals surface area contributed by atoms with E-state index < -0.39 is 211 Å². The second kappa shape index (κ2) is 38.9. The quantitative estimate of drug-likeness (QED) is 0.0434. The van der Waals surface area contributed by atoms with E-state index in [4.69, 9.17) is 20.4 Å². The number of carboxylic acid groups (broad SMARTS) is 1. The Labute approximate surface area is 541 Å². The van der Waals surface area contributed by atoms with Crippen molar-refractivity contribution in [2.75, 3.05) is 19.8 Å². The number of hydrogen-bond donors (Lipinski definition) is 11. The van der Waals surface area contributed by atoms with E-state index in [-0.39, 0.29) is 44.1 Å². The standard InChI is InChI=1S/C63H99N7O16.C2HF3O2/c1-12-34(6)45(30-47(74)46(22-23-51(64)78)65-58(81)42(32-72)28-49(76)52(35(7)13-2)66-57(80)41(16-5)27-40-20-18-17-19-21-40)60(83)67-53(36(8)14-3)50(77)29-43(33-73)59(82)68-55-39(11)86-61(84)54(37(9)15-4)69-62(85)63(31-44(63)24-25-71)70-56(79)38(10)26-48(55)75;3-2(4,5)1(6)7/h17-21,34-39,41-46,52-55,71-73H,12-16,22-33H2,1-11H3,(H2,64,78)(H,65,81)(H,66,80)(H,67,83)(H,68,82)(H,69,85)(H,70,79);(H,6,7)/t34-,35-,36-,37-,38+,39-,41+,42-,43-,44+,45+,46+,52-,53-,54-,55+,63+;/m0./s1. The molecule has 0 unspecified atom stereocenters. The lowest BCUT2D eigenvalue weighted by molar-refractivity contribution is -0.192. The highest BCUT2D eigenvalue weighted by molar-refractivity contribution is 6.01. The summed E-state index contributed by atoms with van der Waals surface area (Å²) in [4.78, 5) is 175. The molecule has 1 saturated heterocycles. The largest absolute Gasteiger partial charge is 0.490 e. The van der Waals surface area contributed by atoms with Gasteiger partial charge in [-0.15, -0.1) is 0 Å². The normalized spacial score (nSPS) is 22.9. The van der Waals surface area contributed by atoms with Gasteiger partial charge in [0.25, 0.3) is 0 Å². The molecule has 93 heavy (non-hydrogen) atoms. The molecule has 0 aromatic heterocycles. The van der Waals surface area contributed by atoms with Gasteiger partial charge in [0.15, 0.2) is 23.1 Å². The van der Waals surface area contributed by atoms with Crippen molar-refractivity contribution < 1.29 is 101 Å². The predicted octanol–water partition coefficient (Wildman–Crippen LogP) is 3.27. The van der Waals surface area contributed by atoms with Crippen LogP contribution in [0, 0.1) is 59.2 Å². The maximum absolute atomic E-state index is 14.5. The fourth-order valence-electron chi connectivity index (χ4n) is 10.9. The van der Waals surface area contributed by atoms with Gasteiger partial charge in [-0.1, -0.05) is 125 Å². The van der Waals surface area contributed by atoms with Crippen LogP contribution in [0.4, 0.5) is 13.2 Å². The van der Waals surface area contributed by atoms with Gasteiger partial charge in [-0.05, 0) is 74.2 Å². The number of carbonyl (C=O) groups is 13. The Morgan fingerprint density at radius 1 is 0.699 bits per heavy atom. The summed E-state index contributed by atoms with van der Waals surface area (Å²) in [6.07, 6.45) is -6.39. The summed E-state index contributed by atoms with van der Waals surface area (Å²) in [6.45, 7) is 16.7. The van der Waals surface area contributed by atoms with Gasteiger partial charge < -0.3 is 62.8 Å². The molecule has 17 atom stereocenters. The number of aliphatic hydroxyl groups excluding tert-OH is 3. The lowest BCUT2D eigenvalue weighted by Crippen LogP contribution is -2.57. The molecular weight excluding hydrogens is 1220 g/mol. The second-order valence-electron chi connectivity index (χ2n) is 25.1. The lowest BCUT2D eigenvalue weighted by Gasteiger charge is -2.30. The van der Waals surface area contributed by atoms with Gasteiger partial charge in [0, 0.05) is 56.5 Å². The zero-order valence-electron chi connectivity index (χ0n) is 55.4. The summed E-state index contributed by atoms with van der Waals surface area (Å²) in [5.74, 6) is -19.2. The molecule has 7 amide bonds. The molecule has 1 saturated carbocycles. The number of nitrogens with one attached hydrogen (secondary N) is 6. The number of nitrogens with two attached hydrogens (primary N) is 1. The van der Waals surface area contributed by atoms with Gasteiger partial charge in [0.1, 0.15) is 23.7 Å². The first-order valence-electron chi connectivity index (χ1n) is 32.2. The Kier molecular flexibility index (Phi) is 34.2. The highest BCUT2D eigenvalue weighted by atomic mass is 19.4. The molecule has 1 aliphatic heterocycles. The SMILES string of the molecule is CC[C@H](Cc1ccccc1)C(=O)N[C@H](C(=O)C[C@@H](CO)C(=O)N[C@H](CCC(N)=O)C(=O)C[C@@H](C(=O)N[C@H](C(=O)C[C@@H](CO)C(=O)N[C@H]1C(=O)C[C@@H](C)C(=O)N[C@@]2(C[C@H]2CCO)C(=O)N[C@@H]([C@@H](C)CC)C(=O)O[C@H]1C)[C@@H](C)CC)[C@@H](C)CC)[C@@H](C)CC.O=C(O)C(F)(F)F. The number of carbonyl (C=O) groups excluding carboxylic acids is 12. The Morgan fingerprint density at radius 2 is 1.22 bits per heavy atom. The van der Waals surface area contributed by atoms with Crippen LogP contribution in [0.5, 0.6) is 0 Å². The monoisotopic (exact) mass is 1320 g/mol. The Bertz CT molecular complexity index is 2740. The van der Waals surface area contributed by atoms with E-state index in [0.717, 1.165) is 5.56 Å². The third-order valence-corrected chi connectivity index (χ3v) is 18.2. The number of ketones is 4. The molecule has 0 radical (unpaired) electrons. The Hall–Kier alpha value is -7.20.